The van der Waals surface area contributed by atoms with E-state index in [-0.39, 0.29) is 5.91 Å². The summed E-state index contributed by atoms with van der Waals surface area (Å²) < 4.78 is 11.1. The van der Waals surface area contributed by atoms with Gasteiger partial charge in [0.05, 0.1) is 19.1 Å². The molecule has 2 aliphatic heterocycles. The van der Waals surface area contributed by atoms with Crippen LogP contribution in [0, 0.1) is 0 Å². The number of amides is 1. The molecule has 0 unspecified atom stereocenters. The van der Waals surface area contributed by atoms with Gasteiger partial charge in [0.15, 0.2) is 22.8 Å². The first kappa shape index (κ1) is 18.4. The Balaban J connectivity index is 1.92. The van der Waals surface area contributed by atoms with Crippen LogP contribution in [0.2, 0.25) is 0 Å². The molecule has 2 heterocycles. The lowest BCUT2D eigenvalue weighted by atomic mass is 10.1. The van der Waals surface area contributed by atoms with E-state index in [0.717, 1.165) is 16.1 Å². The fourth-order valence-electron chi connectivity index (χ4n) is 3.26. The van der Waals surface area contributed by atoms with Gasteiger partial charge in [0.2, 0.25) is 0 Å². The van der Waals surface area contributed by atoms with E-state index in [0.29, 0.717) is 29.0 Å². The van der Waals surface area contributed by atoms with Crippen LogP contribution in [-0.2, 0) is 4.79 Å². The van der Waals surface area contributed by atoms with Gasteiger partial charge in [0, 0.05) is 10.8 Å². The van der Waals surface area contributed by atoms with Crippen LogP contribution in [-0.4, -0.2) is 36.1 Å². The van der Waals surface area contributed by atoms with Gasteiger partial charge in [-0.15, -0.1) is 5.10 Å². The number of carbonyl (C=O) groups is 1. The highest BCUT2D eigenvalue weighted by molar-refractivity contribution is 8.13. The minimum Gasteiger partial charge on any atom is -0.493 e. The molecule has 0 radical (unpaired) electrons. The van der Waals surface area contributed by atoms with Crippen molar-refractivity contribution in [1.29, 1.82) is 0 Å². The van der Waals surface area contributed by atoms with Gasteiger partial charge in [-0.2, -0.15) is 0 Å². The summed E-state index contributed by atoms with van der Waals surface area (Å²) in [6.45, 7) is 2.44. The molecular formula is C20H20N4O3S. The number of rotatable bonds is 4. The van der Waals surface area contributed by atoms with Crippen molar-refractivity contribution in [2.75, 3.05) is 20.0 Å². The van der Waals surface area contributed by atoms with E-state index in [1.165, 1.54) is 11.8 Å². The molecule has 1 atom stereocenters. The average molecular weight is 396 g/mol. The lowest BCUT2D eigenvalue weighted by molar-refractivity contribution is -0.116. The van der Waals surface area contributed by atoms with Crippen LogP contribution in [0.3, 0.4) is 0 Å². The quantitative estimate of drug-likeness (QED) is 0.850. The molecule has 2 aliphatic rings. The predicted octanol–water partition coefficient (Wildman–Crippen LogP) is 1.60. The smallest absolute Gasteiger partial charge is 0.276 e. The first-order chi connectivity index (χ1) is 13.7. The molecule has 144 valence electrons. The number of carbonyl (C=O) groups excluding carboxylic acids is 1. The lowest BCUT2D eigenvalue weighted by Crippen LogP contribution is -2.50. The molecule has 0 aliphatic carbocycles. The van der Waals surface area contributed by atoms with Crippen molar-refractivity contribution < 1.29 is 14.3 Å². The molecule has 4 rings (SSSR count). The molecule has 0 aromatic heterocycles. The molecule has 0 saturated heterocycles. The van der Waals surface area contributed by atoms with Crippen LogP contribution in [0.15, 0.2) is 52.6 Å². The SMILES string of the molecule is CCOc1cc([C@H]2N=c3ccccc3=C3C(=O)NC(SC)=NN32)ccc1OC. The maximum Gasteiger partial charge on any atom is 0.276 e. The topological polar surface area (TPSA) is 75.5 Å². The van der Waals surface area contributed by atoms with Crippen LogP contribution in [0.25, 0.3) is 5.70 Å². The Morgan fingerprint density at radius 1 is 1.21 bits per heavy atom. The van der Waals surface area contributed by atoms with Gasteiger partial charge >= 0.3 is 0 Å². The number of benzene rings is 2. The molecular weight excluding hydrogens is 376 g/mol. The van der Waals surface area contributed by atoms with Crippen molar-refractivity contribution in [2.24, 2.45) is 10.1 Å². The largest absolute Gasteiger partial charge is 0.493 e. The van der Waals surface area contributed by atoms with Gasteiger partial charge in [-0.3, -0.25) is 15.1 Å². The van der Waals surface area contributed by atoms with Crippen LogP contribution in [0.4, 0.5) is 0 Å². The van der Waals surface area contributed by atoms with E-state index in [1.807, 2.05) is 55.6 Å². The number of thioether (sulfide) groups is 1. The summed E-state index contributed by atoms with van der Waals surface area (Å²) in [5, 5.41) is 11.2. The maximum atomic E-state index is 12.8. The molecule has 1 amide bonds. The number of fused-ring (bicyclic) bond motifs is 2. The Hall–Kier alpha value is -3.00. The third kappa shape index (κ3) is 3.09. The number of methoxy groups -OCH3 is 1. The number of ether oxygens (including phenoxy) is 2. The van der Waals surface area contributed by atoms with Gasteiger partial charge in [0.1, 0.15) is 5.70 Å². The Kier molecular flexibility index (Phi) is 4.95. The van der Waals surface area contributed by atoms with E-state index in [4.69, 9.17) is 14.5 Å². The van der Waals surface area contributed by atoms with Crippen LogP contribution >= 0.6 is 11.8 Å². The van der Waals surface area contributed by atoms with Gasteiger partial charge in [-0.1, -0.05) is 36.0 Å². The normalized spacial score (nSPS) is 17.8. The van der Waals surface area contributed by atoms with E-state index >= 15 is 0 Å². The minimum atomic E-state index is -0.483. The summed E-state index contributed by atoms with van der Waals surface area (Å²) in [7, 11) is 1.61. The highest BCUT2D eigenvalue weighted by Gasteiger charge is 2.34. The summed E-state index contributed by atoms with van der Waals surface area (Å²) in [4.78, 5) is 17.7. The minimum absolute atomic E-state index is 0.190. The number of hydrogen-bond acceptors (Lipinski definition) is 7. The Bertz CT molecular complexity index is 1080. The van der Waals surface area contributed by atoms with Gasteiger partial charge in [0.25, 0.3) is 5.91 Å². The number of hydrazone groups is 1. The zero-order valence-electron chi connectivity index (χ0n) is 15.8. The summed E-state index contributed by atoms with van der Waals surface area (Å²) in [6, 6.07) is 13.2. The Morgan fingerprint density at radius 2 is 2.04 bits per heavy atom. The molecule has 7 nitrogen and oxygen atoms in total. The fourth-order valence-corrected chi connectivity index (χ4v) is 3.62. The zero-order valence-corrected chi connectivity index (χ0v) is 16.6. The van der Waals surface area contributed by atoms with E-state index < -0.39 is 6.17 Å². The molecule has 28 heavy (non-hydrogen) atoms. The fraction of sp³-hybridized carbons (Fsp3) is 0.250. The zero-order chi connectivity index (χ0) is 19.7. The van der Waals surface area contributed by atoms with Crippen molar-refractivity contribution in [3.05, 3.63) is 58.6 Å². The molecule has 1 N–H and O–H groups in total. The average Bonchev–Trinajstić information content (AvgIpc) is 2.73. The number of amidine groups is 1. The van der Waals surface area contributed by atoms with E-state index in [2.05, 4.69) is 10.4 Å². The highest BCUT2D eigenvalue weighted by atomic mass is 32.2. The van der Waals surface area contributed by atoms with Crippen molar-refractivity contribution in [3.63, 3.8) is 0 Å². The van der Waals surface area contributed by atoms with Crippen molar-refractivity contribution >= 4 is 28.5 Å². The summed E-state index contributed by atoms with van der Waals surface area (Å²) in [5.74, 6) is 1.09. The molecule has 2 aromatic rings. The van der Waals surface area contributed by atoms with Gasteiger partial charge in [-0.05, 0) is 31.4 Å². The molecule has 0 bridgehead atoms. The highest BCUT2D eigenvalue weighted by Crippen LogP contribution is 2.35. The standard InChI is InChI=1S/C20H20N4O3S/c1-4-27-16-11-12(9-10-15(16)26-2)18-21-14-8-6-5-7-13(14)17-19(25)22-20(28-3)23-24(17)18/h5-11,18H,4H2,1-3H3,(H,22,23,25)/t18-/m0/s1. The van der Waals surface area contributed by atoms with E-state index in [1.54, 1.807) is 12.1 Å². The summed E-state index contributed by atoms with van der Waals surface area (Å²) in [6.07, 6.45) is 1.39. The molecule has 2 aromatic carbocycles. The third-order valence-electron chi connectivity index (χ3n) is 4.49. The lowest BCUT2D eigenvalue weighted by Gasteiger charge is -2.34. The first-order valence-corrected chi connectivity index (χ1v) is 10.1. The third-order valence-corrected chi connectivity index (χ3v) is 5.06. The molecule has 0 saturated carbocycles. The second kappa shape index (κ2) is 7.55. The van der Waals surface area contributed by atoms with Crippen LogP contribution in [0.5, 0.6) is 11.5 Å². The summed E-state index contributed by atoms with van der Waals surface area (Å²) >= 11 is 1.38. The number of hydrogen-bond donors (Lipinski definition) is 1. The number of nitrogens with one attached hydrogen (secondary N) is 1. The van der Waals surface area contributed by atoms with E-state index in [9.17, 15) is 4.79 Å². The Labute approximate surface area is 166 Å². The van der Waals surface area contributed by atoms with Gasteiger partial charge < -0.3 is 9.47 Å². The van der Waals surface area contributed by atoms with Crippen molar-refractivity contribution in [1.82, 2.24) is 10.3 Å². The summed E-state index contributed by atoms with van der Waals surface area (Å²) in [5.41, 5.74) is 1.34. The predicted molar refractivity (Wildman–Crippen MR) is 108 cm³/mol. The second-order valence-electron chi connectivity index (χ2n) is 6.12. The van der Waals surface area contributed by atoms with Crippen molar-refractivity contribution in [2.45, 2.75) is 13.1 Å². The molecule has 0 fully saturated rings. The van der Waals surface area contributed by atoms with Gasteiger partial charge in [-0.25, -0.2) is 5.01 Å². The van der Waals surface area contributed by atoms with Crippen LogP contribution < -0.4 is 25.4 Å². The monoisotopic (exact) mass is 396 g/mol. The second-order valence-corrected chi connectivity index (χ2v) is 6.91. The first-order valence-electron chi connectivity index (χ1n) is 8.87. The number of nitrogens with zero attached hydrogens (tertiary/aromatic N) is 3. The number of para-hydroxylation sites is 1. The Morgan fingerprint density at radius 3 is 2.79 bits per heavy atom. The molecule has 0 spiro atoms. The van der Waals surface area contributed by atoms with Crippen LogP contribution in [0.1, 0.15) is 18.7 Å². The van der Waals surface area contributed by atoms with Crippen molar-refractivity contribution in [3.8, 4) is 11.5 Å². The maximum absolute atomic E-state index is 12.8. The molecule has 8 heteroatoms.